The van der Waals surface area contributed by atoms with E-state index < -0.39 is 0 Å². The van der Waals surface area contributed by atoms with Crippen LogP contribution in [-0.4, -0.2) is 10.9 Å². The van der Waals surface area contributed by atoms with Gasteiger partial charge in [-0.3, -0.25) is 4.79 Å². The van der Waals surface area contributed by atoms with Crippen LogP contribution in [0.1, 0.15) is 11.1 Å². The zero-order valence-electron chi connectivity index (χ0n) is 11.6. The summed E-state index contributed by atoms with van der Waals surface area (Å²) in [5.41, 5.74) is 9.51. The largest absolute Gasteiger partial charge is 0.381 e. The van der Waals surface area contributed by atoms with Gasteiger partial charge in [0.05, 0.1) is 6.42 Å². The van der Waals surface area contributed by atoms with E-state index in [2.05, 4.69) is 22.4 Å². The van der Waals surface area contributed by atoms with Crippen molar-refractivity contribution in [3.63, 3.8) is 0 Å². The van der Waals surface area contributed by atoms with E-state index in [0.29, 0.717) is 0 Å². The Morgan fingerprint density at radius 3 is 2.62 bits per heavy atom. The molecule has 21 heavy (non-hydrogen) atoms. The maximum atomic E-state index is 10.9. The molecule has 4 nitrogen and oxygen atoms in total. The minimum atomic E-state index is -0.311. The highest BCUT2D eigenvalue weighted by Crippen LogP contribution is 2.19. The van der Waals surface area contributed by atoms with E-state index in [9.17, 15) is 4.79 Å². The Hall–Kier alpha value is -2.75. The average Bonchev–Trinajstić information content (AvgIpc) is 2.89. The Morgan fingerprint density at radius 2 is 1.86 bits per heavy atom. The molecular weight excluding hydrogens is 262 g/mol. The highest BCUT2D eigenvalue weighted by Gasteiger charge is 2.03. The molecule has 0 bridgehead atoms. The van der Waals surface area contributed by atoms with Crippen LogP contribution in [-0.2, 0) is 17.8 Å². The van der Waals surface area contributed by atoms with Gasteiger partial charge in [-0.1, -0.05) is 30.3 Å². The van der Waals surface area contributed by atoms with E-state index in [1.54, 1.807) is 0 Å². The number of H-pyrrole nitrogens is 1. The van der Waals surface area contributed by atoms with E-state index >= 15 is 0 Å². The predicted molar refractivity (Wildman–Crippen MR) is 85.0 cm³/mol. The molecule has 3 aromatic rings. The molecule has 0 aliphatic rings. The first-order valence-corrected chi connectivity index (χ1v) is 6.88. The second kappa shape index (κ2) is 5.71. The van der Waals surface area contributed by atoms with Crippen LogP contribution in [0.5, 0.6) is 0 Å². The maximum absolute atomic E-state index is 10.9. The van der Waals surface area contributed by atoms with E-state index in [1.807, 2.05) is 42.6 Å². The summed E-state index contributed by atoms with van der Waals surface area (Å²) >= 11 is 0. The molecule has 0 aliphatic carbocycles. The fourth-order valence-corrected chi connectivity index (χ4v) is 2.42. The molecule has 0 atom stereocenters. The lowest BCUT2D eigenvalue weighted by Crippen LogP contribution is -2.13. The highest BCUT2D eigenvalue weighted by atomic mass is 16.1. The third kappa shape index (κ3) is 3.05. The number of primary amides is 1. The number of amides is 1. The Balaban J connectivity index is 1.68. The third-order valence-electron chi connectivity index (χ3n) is 3.49. The van der Waals surface area contributed by atoms with Gasteiger partial charge in [0.15, 0.2) is 0 Å². The molecule has 0 saturated carbocycles. The normalized spacial score (nSPS) is 10.7. The van der Waals surface area contributed by atoms with Crippen LogP contribution in [0.15, 0.2) is 54.7 Å². The second-order valence-corrected chi connectivity index (χ2v) is 5.05. The van der Waals surface area contributed by atoms with E-state index in [4.69, 9.17) is 5.73 Å². The van der Waals surface area contributed by atoms with Gasteiger partial charge in [0, 0.05) is 29.3 Å². The third-order valence-corrected chi connectivity index (χ3v) is 3.49. The number of para-hydroxylation sites is 1. The fraction of sp³-hybridized carbons (Fsp3) is 0.118. The molecule has 1 heterocycles. The van der Waals surface area contributed by atoms with Crippen molar-refractivity contribution in [2.45, 2.75) is 13.0 Å². The lowest BCUT2D eigenvalue weighted by Gasteiger charge is -2.06. The van der Waals surface area contributed by atoms with Gasteiger partial charge in [-0.15, -0.1) is 0 Å². The average molecular weight is 279 g/mol. The number of anilines is 1. The first kappa shape index (κ1) is 13.2. The summed E-state index contributed by atoms with van der Waals surface area (Å²) in [5.74, 6) is -0.311. The van der Waals surface area contributed by atoms with Gasteiger partial charge in [-0.25, -0.2) is 0 Å². The van der Waals surface area contributed by atoms with E-state index in [-0.39, 0.29) is 12.3 Å². The number of hydrogen-bond donors (Lipinski definition) is 3. The Labute approximate surface area is 123 Å². The van der Waals surface area contributed by atoms with Gasteiger partial charge >= 0.3 is 0 Å². The van der Waals surface area contributed by atoms with Crippen molar-refractivity contribution in [3.8, 4) is 0 Å². The van der Waals surface area contributed by atoms with Gasteiger partial charge < -0.3 is 16.0 Å². The van der Waals surface area contributed by atoms with Crippen molar-refractivity contribution in [1.82, 2.24) is 4.98 Å². The first-order valence-electron chi connectivity index (χ1n) is 6.88. The summed E-state index contributed by atoms with van der Waals surface area (Å²) in [4.78, 5) is 14.1. The van der Waals surface area contributed by atoms with Gasteiger partial charge in [0.1, 0.15) is 0 Å². The molecule has 1 amide bonds. The van der Waals surface area contributed by atoms with Crippen LogP contribution < -0.4 is 11.1 Å². The van der Waals surface area contributed by atoms with Crippen LogP contribution in [0.3, 0.4) is 0 Å². The molecule has 0 aliphatic heterocycles. The lowest BCUT2D eigenvalue weighted by molar-refractivity contribution is -0.117. The molecule has 106 valence electrons. The Kier molecular flexibility index (Phi) is 3.60. The number of nitrogens with two attached hydrogens (primary N) is 1. The topological polar surface area (TPSA) is 70.9 Å². The van der Waals surface area contributed by atoms with Crippen molar-refractivity contribution in [3.05, 3.63) is 65.9 Å². The van der Waals surface area contributed by atoms with Gasteiger partial charge in [0.25, 0.3) is 0 Å². The Bertz CT molecular complexity index is 759. The Morgan fingerprint density at radius 1 is 1.10 bits per heavy atom. The maximum Gasteiger partial charge on any atom is 0.221 e. The van der Waals surface area contributed by atoms with Crippen LogP contribution in [0, 0.1) is 0 Å². The van der Waals surface area contributed by atoms with Crippen LogP contribution >= 0.6 is 0 Å². The molecule has 0 fully saturated rings. The van der Waals surface area contributed by atoms with Crippen molar-refractivity contribution >= 4 is 22.5 Å². The minimum absolute atomic E-state index is 0.280. The van der Waals surface area contributed by atoms with Crippen LogP contribution in [0.25, 0.3) is 10.9 Å². The fourth-order valence-electron chi connectivity index (χ4n) is 2.42. The summed E-state index contributed by atoms with van der Waals surface area (Å²) in [5, 5.41) is 4.62. The van der Waals surface area contributed by atoms with Crippen LogP contribution in [0.2, 0.25) is 0 Å². The summed E-state index contributed by atoms with van der Waals surface area (Å²) < 4.78 is 0. The standard InChI is InChI=1S/C17H17N3O/c18-17(21)9-12-5-7-14(8-6-12)19-10-13-11-20-16-4-2-1-3-15(13)16/h1-8,11,19-20H,9-10H2,(H2,18,21). The lowest BCUT2D eigenvalue weighted by atomic mass is 10.1. The smallest absolute Gasteiger partial charge is 0.221 e. The highest BCUT2D eigenvalue weighted by molar-refractivity contribution is 5.83. The van der Waals surface area contributed by atoms with Crippen molar-refractivity contribution in [1.29, 1.82) is 0 Å². The number of carbonyl (C=O) groups is 1. The number of aromatic nitrogens is 1. The minimum Gasteiger partial charge on any atom is -0.381 e. The molecule has 0 spiro atoms. The number of benzene rings is 2. The number of carbonyl (C=O) groups excluding carboxylic acids is 1. The predicted octanol–water partition coefficient (Wildman–Crippen LogP) is 2.81. The molecule has 4 N–H and O–H groups in total. The number of aromatic amines is 1. The SMILES string of the molecule is NC(=O)Cc1ccc(NCc2c[nH]c3ccccc23)cc1. The van der Waals surface area contributed by atoms with E-state index in [1.165, 1.54) is 10.9 Å². The molecule has 2 aromatic carbocycles. The zero-order chi connectivity index (χ0) is 14.7. The van der Waals surface area contributed by atoms with Gasteiger partial charge in [-0.05, 0) is 29.3 Å². The monoisotopic (exact) mass is 279 g/mol. The van der Waals surface area contributed by atoms with E-state index in [0.717, 1.165) is 23.3 Å². The molecule has 0 radical (unpaired) electrons. The van der Waals surface area contributed by atoms with Crippen molar-refractivity contribution < 1.29 is 4.79 Å². The molecule has 0 saturated heterocycles. The van der Waals surface area contributed by atoms with Crippen LogP contribution in [0.4, 0.5) is 5.69 Å². The second-order valence-electron chi connectivity index (χ2n) is 5.05. The quantitative estimate of drug-likeness (QED) is 0.672. The molecule has 3 rings (SSSR count). The summed E-state index contributed by atoms with van der Waals surface area (Å²) in [6.07, 6.45) is 2.31. The number of nitrogens with one attached hydrogen (secondary N) is 2. The summed E-state index contributed by atoms with van der Waals surface area (Å²) in [6, 6.07) is 16.0. The molecule has 4 heteroatoms. The summed E-state index contributed by atoms with van der Waals surface area (Å²) in [6.45, 7) is 0.749. The van der Waals surface area contributed by atoms with Crippen molar-refractivity contribution in [2.24, 2.45) is 5.73 Å². The number of rotatable bonds is 5. The van der Waals surface area contributed by atoms with Gasteiger partial charge in [0.2, 0.25) is 5.91 Å². The summed E-state index contributed by atoms with van der Waals surface area (Å²) in [7, 11) is 0. The van der Waals surface area contributed by atoms with Gasteiger partial charge in [-0.2, -0.15) is 0 Å². The zero-order valence-corrected chi connectivity index (χ0v) is 11.6. The first-order chi connectivity index (χ1) is 10.2. The molecule has 0 unspecified atom stereocenters. The number of hydrogen-bond acceptors (Lipinski definition) is 2. The number of fused-ring (bicyclic) bond motifs is 1. The molecular formula is C17H17N3O. The van der Waals surface area contributed by atoms with Crippen molar-refractivity contribution in [2.75, 3.05) is 5.32 Å². The molecule has 1 aromatic heterocycles.